The first-order valence-corrected chi connectivity index (χ1v) is 11.3. The molecule has 0 bridgehead atoms. The van der Waals surface area contributed by atoms with Crippen LogP contribution in [0.3, 0.4) is 0 Å². The van der Waals surface area contributed by atoms with Gasteiger partial charge in [-0.2, -0.15) is 0 Å². The molecular weight excluding hydrogens is 376 g/mol. The SMILES string of the molecule is CSc1nc(C)ccc1NC(=O)CCCCCSc1nc2ccccc2[nH]1. The fourth-order valence-corrected chi connectivity index (χ4v) is 4.19. The summed E-state index contributed by atoms with van der Waals surface area (Å²) in [6, 6.07) is 11.9. The van der Waals surface area contributed by atoms with Crippen molar-refractivity contribution in [2.75, 3.05) is 17.3 Å². The zero-order valence-corrected chi connectivity index (χ0v) is 17.3. The third-order valence-corrected chi connectivity index (χ3v) is 5.78. The van der Waals surface area contributed by atoms with E-state index >= 15 is 0 Å². The molecule has 0 unspecified atom stereocenters. The largest absolute Gasteiger partial charge is 0.333 e. The van der Waals surface area contributed by atoms with Crippen LogP contribution < -0.4 is 5.32 Å². The van der Waals surface area contributed by atoms with E-state index in [1.54, 1.807) is 23.5 Å². The lowest BCUT2D eigenvalue weighted by Gasteiger charge is -2.09. The maximum atomic E-state index is 12.2. The number of anilines is 1. The summed E-state index contributed by atoms with van der Waals surface area (Å²) in [5.74, 6) is 1.06. The highest BCUT2D eigenvalue weighted by Gasteiger charge is 2.08. The van der Waals surface area contributed by atoms with Gasteiger partial charge in [-0.15, -0.1) is 11.8 Å². The van der Waals surface area contributed by atoms with Crippen molar-refractivity contribution in [2.45, 2.75) is 42.8 Å². The molecule has 142 valence electrons. The van der Waals surface area contributed by atoms with Gasteiger partial charge in [0, 0.05) is 17.9 Å². The number of amides is 1. The lowest BCUT2D eigenvalue weighted by molar-refractivity contribution is -0.116. The molecule has 1 amide bonds. The molecule has 0 radical (unpaired) electrons. The number of thioether (sulfide) groups is 2. The second-order valence-corrected chi connectivity index (χ2v) is 8.15. The average molecular weight is 401 g/mol. The number of para-hydroxylation sites is 2. The van der Waals surface area contributed by atoms with Crippen LogP contribution in [0.5, 0.6) is 0 Å². The fourth-order valence-electron chi connectivity index (χ4n) is 2.73. The minimum Gasteiger partial charge on any atom is -0.333 e. The number of pyridine rings is 1. The molecule has 0 fully saturated rings. The minimum absolute atomic E-state index is 0.0564. The Kier molecular flexibility index (Phi) is 7.18. The molecule has 7 heteroatoms. The topological polar surface area (TPSA) is 70.7 Å². The molecule has 27 heavy (non-hydrogen) atoms. The van der Waals surface area contributed by atoms with Crippen molar-refractivity contribution in [2.24, 2.45) is 0 Å². The zero-order valence-electron chi connectivity index (χ0n) is 15.6. The number of benzene rings is 1. The molecule has 0 aliphatic rings. The van der Waals surface area contributed by atoms with Crippen molar-refractivity contribution in [3.05, 3.63) is 42.1 Å². The molecule has 3 aromatic rings. The lowest BCUT2D eigenvalue weighted by Crippen LogP contribution is -2.12. The van der Waals surface area contributed by atoms with Gasteiger partial charge in [-0.1, -0.05) is 30.3 Å². The van der Waals surface area contributed by atoms with E-state index in [1.807, 2.05) is 49.6 Å². The molecule has 5 nitrogen and oxygen atoms in total. The number of imidazole rings is 1. The molecule has 3 rings (SSSR count). The van der Waals surface area contributed by atoms with Crippen LogP contribution in [0.2, 0.25) is 0 Å². The van der Waals surface area contributed by atoms with E-state index in [0.717, 1.165) is 57.6 Å². The van der Waals surface area contributed by atoms with Crippen molar-refractivity contribution in [1.29, 1.82) is 0 Å². The summed E-state index contributed by atoms with van der Waals surface area (Å²) in [4.78, 5) is 24.5. The number of nitrogens with zero attached hydrogens (tertiary/aromatic N) is 2. The number of fused-ring (bicyclic) bond motifs is 1. The number of aromatic nitrogens is 3. The third kappa shape index (κ3) is 5.74. The molecule has 0 atom stereocenters. The van der Waals surface area contributed by atoms with Crippen molar-refractivity contribution in [3.63, 3.8) is 0 Å². The van der Waals surface area contributed by atoms with Gasteiger partial charge in [-0.25, -0.2) is 9.97 Å². The van der Waals surface area contributed by atoms with E-state index in [2.05, 4.69) is 20.3 Å². The molecular formula is C20H24N4OS2. The first-order valence-electron chi connectivity index (χ1n) is 9.05. The van der Waals surface area contributed by atoms with E-state index in [1.165, 1.54) is 0 Å². The van der Waals surface area contributed by atoms with E-state index in [9.17, 15) is 4.79 Å². The second kappa shape index (κ2) is 9.80. The Morgan fingerprint density at radius 2 is 1.96 bits per heavy atom. The molecule has 0 aliphatic heterocycles. The molecule has 2 heterocycles. The van der Waals surface area contributed by atoms with Crippen molar-refractivity contribution < 1.29 is 4.79 Å². The summed E-state index contributed by atoms with van der Waals surface area (Å²) in [5, 5.41) is 4.81. The summed E-state index contributed by atoms with van der Waals surface area (Å²) in [6.07, 6.45) is 5.49. The predicted molar refractivity (Wildman–Crippen MR) is 115 cm³/mol. The van der Waals surface area contributed by atoms with Gasteiger partial charge in [0.2, 0.25) is 5.91 Å². The van der Waals surface area contributed by atoms with Gasteiger partial charge in [0.15, 0.2) is 5.16 Å². The molecule has 0 aliphatic carbocycles. The van der Waals surface area contributed by atoms with E-state index in [-0.39, 0.29) is 5.91 Å². The number of unbranched alkanes of at least 4 members (excludes halogenated alkanes) is 2. The van der Waals surface area contributed by atoms with Crippen LogP contribution in [0.25, 0.3) is 11.0 Å². The number of carbonyl (C=O) groups is 1. The summed E-state index contributed by atoms with van der Waals surface area (Å²) >= 11 is 3.28. The van der Waals surface area contributed by atoms with E-state index < -0.39 is 0 Å². The Morgan fingerprint density at radius 1 is 1.11 bits per heavy atom. The molecule has 2 aromatic heterocycles. The number of nitrogens with one attached hydrogen (secondary N) is 2. The van der Waals surface area contributed by atoms with Crippen LogP contribution >= 0.6 is 23.5 Å². The van der Waals surface area contributed by atoms with Crippen LogP contribution in [0.15, 0.2) is 46.6 Å². The van der Waals surface area contributed by atoms with Crippen LogP contribution in [-0.4, -0.2) is 32.9 Å². The Bertz CT molecular complexity index is 877. The first kappa shape index (κ1) is 19.8. The van der Waals surface area contributed by atoms with Crippen molar-refractivity contribution >= 4 is 46.2 Å². The Hall–Kier alpha value is -1.99. The summed E-state index contributed by atoms with van der Waals surface area (Å²) in [5.41, 5.74) is 3.84. The fraction of sp³-hybridized carbons (Fsp3) is 0.350. The maximum Gasteiger partial charge on any atom is 0.224 e. The highest BCUT2D eigenvalue weighted by molar-refractivity contribution is 7.99. The highest BCUT2D eigenvalue weighted by atomic mass is 32.2. The van der Waals surface area contributed by atoms with Crippen LogP contribution in [-0.2, 0) is 4.79 Å². The van der Waals surface area contributed by atoms with Gasteiger partial charge in [-0.3, -0.25) is 4.79 Å². The molecule has 0 saturated heterocycles. The van der Waals surface area contributed by atoms with Gasteiger partial charge in [-0.05, 0) is 50.3 Å². The molecule has 0 saturated carbocycles. The predicted octanol–water partition coefficient (Wildman–Crippen LogP) is 5.28. The van der Waals surface area contributed by atoms with E-state index in [0.29, 0.717) is 6.42 Å². The van der Waals surface area contributed by atoms with Crippen LogP contribution in [0.4, 0.5) is 5.69 Å². The monoisotopic (exact) mass is 400 g/mol. The van der Waals surface area contributed by atoms with Crippen LogP contribution in [0, 0.1) is 6.92 Å². The minimum atomic E-state index is 0.0564. The van der Waals surface area contributed by atoms with Crippen molar-refractivity contribution in [3.8, 4) is 0 Å². The molecule has 0 spiro atoms. The summed E-state index contributed by atoms with van der Waals surface area (Å²) in [6.45, 7) is 1.95. The number of carbonyl (C=O) groups excluding carboxylic acids is 1. The normalized spacial score (nSPS) is 11.0. The number of aryl methyl sites for hydroxylation is 1. The quantitative estimate of drug-likeness (QED) is 0.378. The first-order chi connectivity index (χ1) is 13.2. The second-order valence-electron chi connectivity index (χ2n) is 6.28. The molecule has 1 aromatic carbocycles. The van der Waals surface area contributed by atoms with Crippen LogP contribution in [0.1, 0.15) is 31.4 Å². The number of hydrogen-bond acceptors (Lipinski definition) is 5. The van der Waals surface area contributed by atoms with Gasteiger partial charge >= 0.3 is 0 Å². The average Bonchev–Trinajstić information content (AvgIpc) is 3.08. The van der Waals surface area contributed by atoms with E-state index in [4.69, 9.17) is 0 Å². The van der Waals surface area contributed by atoms with Gasteiger partial charge in [0.25, 0.3) is 0 Å². The standard InChI is InChI=1S/C20H24N4OS2/c1-14-11-12-17(19(21-14)26-2)22-18(25)10-4-3-7-13-27-20-23-15-8-5-6-9-16(15)24-20/h5-6,8-9,11-12H,3-4,7,10,13H2,1-2H3,(H,22,25)(H,23,24). The summed E-state index contributed by atoms with van der Waals surface area (Å²) in [7, 11) is 0. The highest BCUT2D eigenvalue weighted by Crippen LogP contribution is 2.24. The Balaban J connectivity index is 1.34. The Labute approximate surface area is 168 Å². The van der Waals surface area contributed by atoms with Gasteiger partial charge in [0.1, 0.15) is 5.03 Å². The Morgan fingerprint density at radius 3 is 2.78 bits per heavy atom. The van der Waals surface area contributed by atoms with Crippen molar-refractivity contribution in [1.82, 2.24) is 15.0 Å². The number of H-pyrrole nitrogens is 1. The lowest BCUT2D eigenvalue weighted by atomic mass is 10.2. The molecule has 2 N–H and O–H groups in total. The summed E-state index contributed by atoms with van der Waals surface area (Å²) < 4.78 is 0. The maximum absolute atomic E-state index is 12.2. The van der Waals surface area contributed by atoms with Gasteiger partial charge < -0.3 is 10.3 Å². The number of aromatic amines is 1. The number of rotatable bonds is 9. The third-order valence-electron chi connectivity index (χ3n) is 4.12. The van der Waals surface area contributed by atoms with Gasteiger partial charge in [0.05, 0.1) is 16.7 Å². The number of hydrogen-bond donors (Lipinski definition) is 2. The smallest absolute Gasteiger partial charge is 0.224 e. The zero-order chi connectivity index (χ0) is 19.1.